The summed E-state index contributed by atoms with van der Waals surface area (Å²) in [7, 11) is 0. The molecule has 0 aromatic heterocycles. The van der Waals surface area contributed by atoms with Gasteiger partial charge in [-0.2, -0.15) is 0 Å². The summed E-state index contributed by atoms with van der Waals surface area (Å²) in [6.45, 7) is 4.37. The Balaban J connectivity index is 1.49. The molecule has 2 nitrogen and oxygen atoms in total. The SMILES string of the molecule is CC(C)(c1ccc(O)c(-c2cccc3ccccc23)c1)c1ccc(O)c(-c2cccc3ccccc23)c1. The molecule has 6 aromatic carbocycles. The third-order valence-corrected chi connectivity index (χ3v) is 7.60. The van der Waals surface area contributed by atoms with Gasteiger partial charge in [0.2, 0.25) is 0 Å². The maximum absolute atomic E-state index is 10.9. The third kappa shape index (κ3) is 3.91. The van der Waals surface area contributed by atoms with Gasteiger partial charge in [-0.05, 0) is 68.1 Å². The van der Waals surface area contributed by atoms with Gasteiger partial charge in [0.05, 0.1) is 0 Å². The molecule has 0 unspecified atom stereocenters. The first-order chi connectivity index (χ1) is 17.9. The van der Waals surface area contributed by atoms with Gasteiger partial charge in [0.15, 0.2) is 0 Å². The van der Waals surface area contributed by atoms with Crippen molar-refractivity contribution < 1.29 is 10.2 Å². The Kier molecular flexibility index (Phi) is 5.46. The first kappa shape index (κ1) is 22.9. The Morgan fingerprint density at radius 3 is 1.30 bits per heavy atom. The molecule has 6 rings (SSSR count). The summed E-state index contributed by atoms with van der Waals surface area (Å²) < 4.78 is 0. The zero-order valence-corrected chi connectivity index (χ0v) is 20.9. The molecule has 0 saturated carbocycles. The van der Waals surface area contributed by atoms with Gasteiger partial charge in [-0.1, -0.05) is 111 Å². The number of fused-ring (bicyclic) bond motifs is 2. The van der Waals surface area contributed by atoms with Crippen LogP contribution in [-0.2, 0) is 5.41 Å². The summed E-state index contributed by atoms with van der Waals surface area (Å²) in [5.41, 5.74) is 5.45. The summed E-state index contributed by atoms with van der Waals surface area (Å²) in [6, 6.07) is 40.6. The molecule has 0 spiro atoms. The molecule has 0 bridgehead atoms. The Labute approximate surface area is 217 Å². The standard InChI is InChI=1S/C35H28O2/c1-35(2,25-17-19-33(36)31(21-25)29-15-7-11-23-9-3-5-13-27(23)29)26-18-20-34(37)32(22-26)30-16-8-12-24-10-4-6-14-28(24)30/h3-22,36-37H,1-2H3. The van der Waals surface area contributed by atoms with E-state index in [0.717, 1.165) is 54.9 Å². The maximum Gasteiger partial charge on any atom is 0.123 e. The fraction of sp³-hybridized carbons (Fsp3) is 0.0857. The molecule has 0 saturated heterocycles. The molecule has 0 aliphatic rings. The van der Waals surface area contributed by atoms with Crippen LogP contribution in [0.1, 0.15) is 25.0 Å². The monoisotopic (exact) mass is 480 g/mol. The molecule has 0 fully saturated rings. The van der Waals surface area contributed by atoms with Crippen LogP contribution in [0.15, 0.2) is 121 Å². The van der Waals surface area contributed by atoms with E-state index < -0.39 is 0 Å². The Bertz CT molecular complexity index is 1640. The first-order valence-corrected chi connectivity index (χ1v) is 12.6. The van der Waals surface area contributed by atoms with Gasteiger partial charge in [-0.15, -0.1) is 0 Å². The second-order valence-electron chi connectivity index (χ2n) is 10.1. The summed E-state index contributed by atoms with van der Waals surface area (Å²) >= 11 is 0. The highest BCUT2D eigenvalue weighted by Gasteiger charge is 2.26. The smallest absolute Gasteiger partial charge is 0.123 e. The van der Waals surface area contributed by atoms with E-state index in [9.17, 15) is 10.2 Å². The number of hydrogen-bond donors (Lipinski definition) is 2. The van der Waals surface area contributed by atoms with Crippen LogP contribution < -0.4 is 0 Å². The van der Waals surface area contributed by atoms with Gasteiger partial charge in [-0.3, -0.25) is 0 Å². The van der Waals surface area contributed by atoms with E-state index in [0.29, 0.717) is 0 Å². The quantitative estimate of drug-likeness (QED) is 0.264. The first-order valence-electron chi connectivity index (χ1n) is 12.6. The van der Waals surface area contributed by atoms with Crippen molar-refractivity contribution in [3.05, 3.63) is 132 Å². The fourth-order valence-corrected chi connectivity index (χ4v) is 5.37. The van der Waals surface area contributed by atoms with Crippen LogP contribution in [0.25, 0.3) is 43.8 Å². The summed E-state index contributed by atoms with van der Waals surface area (Å²) in [4.78, 5) is 0. The van der Waals surface area contributed by atoms with Crippen molar-refractivity contribution in [2.75, 3.05) is 0 Å². The van der Waals surface area contributed by atoms with E-state index in [4.69, 9.17) is 0 Å². The van der Waals surface area contributed by atoms with E-state index in [1.807, 2.05) is 48.5 Å². The van der Waals surface area contributed by atoms with E-state index >= 15 is 0 Å². The molecular weight excluding hydrogens is 452 g/mol. The lowest BCUT2D eigenvalue weighted by Crippen LogP contribution is -2.19. The molecule has 0 aliphatic heterocycles. The second kappa shape index (κ2) is 8.83. The average Bonchev–Trinajstić information content (AvgIpc) is 2.93. The zero-order valence-electron chi connectivity index (χ0n) is 20.9. The number of benzene rings is 6. The number of phenols is 2. The van der Waals surface area contributed by atoms with Gasteiger partial charge < -0.3 is 10.2 Å². The zero-order chi connectivity index (χ0) is 25.6. The summed E-state index contributed by atoms with van der Waals surface area (Å²) in [5.74, 6) is 0.524. The highest BCUT2D eigenvalue weighted by atomic mass is 16.3. The minimum Gasteiger partial charge on any atom is -0.507 e. The van der Waals surface area contributed by atoms with E-state index in [1.54, 1.807) is 12.1 Å². The maximum atomic E-state index is 10.9. The largest absolute Gasteiger partial charge is 0.507 e. The summed E-state index contributed by atoms with van der Waals surface area (Å²) in [6.07, 6.45) is 0. The molecular formula is C35H28O2. The fourth-order valence-electron chi connectivity index (χ4n) is 5.37. The predicted molar refractivity (Wildman–Crippen MR) is 154 cm³/mol. The lowest BCUT2D eigenvalue weighted by Gasteiger charge is -2.28. The van der Waals surface area contributed by atoms with Crippen molar-refractivity contribution in [3.8, 4) is 33.8 Å². The number of hydrogen-bond acceptors (Lipinski definition) is 2. The molecule has 0 amide bonds. The van der Waals surface area contributed by atoms with Gasteiger partial charge in [0.25, 0.3) is 0 Å². The summed E-state index contributed by atoms with van der Waals surface area (Å²) in [5, 5.41) is 26.3. The average molecular weight is 481 g/mol. The van der Waals surface area contributed by atoms with Crippen LogP contribution in [0.3, 0.4) is 0 Å². The molecule has 6 aromatic rings. The van der Waals surface area contributed by atoms with E-state index in [-0.39, 0.29) is 16.9 Å². The van der Waals surface area contributed by atoms with Gasteiger partial charge in [-0.25, -0.2) is 0 Å². The highest BCUT2D eigenvalue weighted by molar-refractivity contribution is 5.99. The van der Waals surface area contributed by atoms with Crippen LogP contribution in [0, 0.1) is 0 Å². The molecule has 0 heterocycles. The Morgan fingerprint density at radius 2 is 0.838 bits per heavy atom. The van der Waals surface area contributed by atoms with Gasteiger partial charge >= 0.3 is 0 Å². The Morgan fingerprint density at radius 1 is 0.432 bits per heavy atom. The second-order valence-corrected chi connectivity index (χ2v) is 10.1. The van der Waals surface area contributed by atoms with Crippen LogP contribution in [-0.4, -0.2) is 10.2 Å². The van der Waals surface area contributed by atoms with Crippen molar-refractivity contribution >= 4 is 21.5 Å². The van der Waals surface area contributed by atoms with E-state index in [2.05, 4.69) is 74.5 Å². The number of aromatic hydroxyl groups is 2. The van der Waals surface area contributed by atoms with Gasteiger partial charge in [0.1, 0.15) is 11.5 Å². The highest BCUT2D eigenvalue weighted by Crippen LogP contribution is 2.42. The van der Waals surface area contributed by atoms with Crippen molar-refractivity contribution in [3.63, 3.8) is 0 Å². The molecule has 2 N–H and O–H groups in total. The predicted octanol–water partition coefficient (Wildman–Crippen LogP) is 9.06. The normalized spacial score (nSPS) is 11.7. The third-order valence-electron chi connectivity index (χ3n) is 7.60. The van der Waals surface area contributed by atoms with Crippen LogP contribution in [0.5, 0.6) is 11.5 Å². The molecule has 0 aliphatic carbocycles. The minimum atomic E-state index is -0.375. The topological polar surface area (TPSA) is 40.5 Å². The molecule has 0 atom stereocenters. The lowest BCUT2D eigenvalue weighted by molar-refractivity contribution is 0.476. The lowest BCUT2D eigenvalue weighted by atomic mass is 9.76. The van der Waals surface area contributed by atoms with Crippen LogP contribution >= 0.6 is 0 Å². The van der Waals surface area contributed by atoms with Crippen LogP contribution in [0.4, 0.5) is 0 Å². The van der Waals surface area contributed by atoms with Crippen molar-refractivity contribution in [1.82, 2.24) is 0 Å². The Hall–Kier alpha value is -4.56. The number of rotatable bonds is 4. The van der Waals surface area contributed by atoms with E-state index in [1.165, 1.54) is 0 Å². The van der Waals surface area contributed by atoms with Crippen molar-refractivity contribution in [2.24, 2.45) is 0 Å². The van der Waals surface area contributed by atoms with Gasteiger partial charge in [0, 0.05) is 16.5 Å². The molecule has 2 heteroatoms. The molecule has 37 heavy (non-hydrogen) atoms. The number of phenolic OH excluding ortho intramolecular Hbond substituents is 2. The molecule has 0 radical (unpaired) electrons. The van der Waals surface area contributed by atoms with Crippen molar-refractivity contribution in [2.45, 2.75) is 19.3 Å². The molecule has 180 valence electrons. The van der Waals surface area contributed by atoms with Crippen molar-refractivity contribution in [1.29, 1.82) is 0 Å². The van der Waals surface area contributed by atoms with Crippen LogP contribution in [0.2, 0.25) is 0 Å². The minimum absolute atomic E-state index is 0.262.